The number of fused-ring (bicyclic) bond motifs is 2. The minimum absolute atomic E-state index is 0.0409. The Morgan fingerprint density at radius 3 is 1.95 bits per heavy atom. The van der Waals surface area contributed by atoms with E-state index >= 15 is 0 Å². The third kappa shape index (κ3) is 1.97. The van der Waals surface area contributed by atoms with Gasteiger partial charge in [0.2, 0.25) is 0 Å². The number of hydrogen-bond donors (Lipinski definition) is 0. The van der Waals surface area contributed by atoms with Gasteiger partial charge in [-0.15, -0.1) is 0 Å². The second kappa shape index (κ2) is 4.71. The molecular weight excluding hydrogens is 248 g/mol. The monoisotopic (exact) mass is 264 g/mol. The molecule has 1 aliphatic carbocycles. The summed E-state index contributed by atoms with van der Waals surface area (Å²) in [5.41, 5.74) is 3.22. The molecule has 0 N–H and O–H groups in total. The molecule has 100 valence electrons. The summed E-state index contributed by atoms with van der Waals surface area (Å²) in [5.74, 6) is 0.432. The zero-order valence-electron chi connectivity index (χ0n) is 11.6. The maximum absolute atomic E-state index is 12.5. The van der Waals surface area contributed by atoms with Crippen LogP contribution in [0.4, 0.5) is 0 Å². The van der Waals surface area contributed by atoms with Crippen LogP contribution in [0.2, 0.25) is 0 Å². The Morgan fingerprint density at radius 1 is 0.800 bits per heavy atom. The Morgan fingerprint density at radius 2 is 1.35 bits per heavy atom. The first-order valence-electron chi connectivity index (χ1n) is 6.89. The molecule has 0 saturated heterocycles. The van der Waals surface area contributed by atoms with Gasteiger partial charge in [-0.3, -0.25) is 9.59 Å². The molecule has 0 spiro atoms. The van der Waals surface area contributed by atoms with Crippen LogP contribution in [0, 0.1) is 5.92 Å². The molecule has 2 aromatic carbocycles. The highest BCUT2D eigenvalue weighted by Crippen LogP contribution is 2.28. The lowest BCUT2D eigenvalue weighted by Gasteiger charge is -2.18. The van der Waals surface area contributed by atoms with Crippen LogP contribution in [0.3, 0.4) is 0 Å². The van der Waals surface area contributed by atoms with Crippen molar-refractivity contribution < 1.29 is 9.59 Å². The number of hydrogen-bond acceptors (Lipinski definition) is 2. The molecule has 0 atom stereocenters. The van der Waals surface area contributed by atoms with E-state index in [1.165, 1.54) is 0 Å². The molecule has 0 radical (unpaired) electrons. The normalized spacial score (nSPS) is 13.3. The van der Waals surface area contributed by atoms with Crippen molar-refractivity contribution in [2.45, 2.75) is 20.3 Å². The highest BCUT2D eigenvalue weighted by Gasteiger charge is 2.29. The van der Waals surface area contributed by atoms with Gasteiger partial charge in [-0.2, -0.15) is 0 Å². The number of benzene rings is 2. The van der Waals surface area contributed by atoms with E-state index in [-0.39, 0.29) is 11.6 Å². The lowest BCUT2D eigenvalue weighted by Crippen LogP contribution is -2.21. The van der Waals surface area contributed by atoms with Crippen molar-refractivity contribution in [2.75, 3.05) is 0 Å². The molecule has 0 aliphatic heterocycles. The minimum atomic E-state index is -0.0497. The average Bonchev–Trinajstić information content (AvgIpc) is 2.44. The van der Waals surface area contributed by atoms with Gasteiger partial charge < -0.3 is 0 Å². The predicted octanol–water partition coefficient (Wildman–Crippen LogP) is 3.66. The van der Waals surface area contributed by atoms with Crippen LogP contribution in [-0.2, 0) is 6.42 Å². The van der Waals surface area contributed by atoms with E-state index in [1.54, 1.807) is 30.3 Å². The third-order valence-corrected chi connectivity index (χ3v) is 3.63. The molecule has 0 fully saturated rings. The first kappa shape index (κ1) is 12.8. The van der Waals surface area contributed by atoms with Crippen LogP contribution < -0.4 is 0 Å². The van der Waals surface area contributed by atoms with E-state index in [9.17, 15) is 9.59 Å². The van der Waals surface area contributed by atoms with E-state index in [4.69, 9.17) is 0 Å². The predicted molar refractivity (Wildman–Crippen MR) is 78.3 cm³/mol. The fourth-order valence-electron chi connectivity index (χ4n) is 2.74. The highest BCUT2D eigenvalue weighted by atomic mass is 16.1. The summed E-state index contributed by atoms with van der Waals surface area (Å²) >= 11 is 0. The largest absolute Gasteiger partial charge is 0.289 e. The average molecular weight is 264 g/mol. The van der Waals surface area contributed by atoms with Gasteiger partial charge in [0.05, 0.1) is 0 Å². The maximum atomic E-state index is 12.5. The summed E-state index contributed by atoms with van der Waals surface area (Å²) in [7, 11) is 0. The number of rotatable bonds is 2. The Kier molecular flexibility index (Phi) is 3.01. The number of carbonyl (C=O) groups excluding carboxylic acids is 2. The molecule has 0 heterocycles. The van der Waals surface area contributed by atoms with E-state index < -0.39 is 0 Å². The van der Waals surface area contributed by atoms with E-state index in [0.717, 1.165) is 12.0 Å². The summed E-state index contributed by atoms with van der Waals surface area (Å²) in [6.07, 6.45) is 0.913. The van der Waals surface area contributed by atoms with Gasteiger partial charge in [-0.05, 0) is 24.0 Å². The smallest absolute Gasteiger partial charge is 0.194 e. The molecule has 2 heteroatoms. The molecule has 1 aliphatic rings. The van der Waals surface area contributed by atoms with Gasteiger partial charge in [0.25, 0.3) is 0 Å². The molecule has 0 aromatic heterocycles. The van der Waals surface area contributed by atoms with Crippen molar-refractivity contribution in [2.24, 2.45) is 5.92 Å². The molecule has 0 saturated carbocycles. The molecule has 3 rings (SSSR count). The van der Waals surface area contributed by atoms with Crippen molar-refractivity contribution in [3.8, 4) is 0 Å². The highest BCUT2D eigenvalue weighted by molar-refractivity contribution is 6.28. The SMILES string of the molecule is CC(C)Cc1ccc2c(c1)C(=O)c1ccccc1C2=O. The molecule has 2 nitrogen and oxygen atoms in total. The van der Waals surface area contributed by atoms with Crippen LogP contribution in [0.15, 0.2) is 42.5 Å². The second-order valence-corrected chi connectivity index (χ2v) is 5.68. The van der Waals surface area contributed by atoms with Gasteiger partial charge >= 0.3 is 0 Å². The van der Waals surface area contributed by atoms with Gasteiger partial charge in [0.1, 0.15) is 0 Å². The fraction of sp³-hybridized carbons (Fsp3) is 0.222. The summed E-state index contributed by atoms with van der Waals surface area (Å²) in [5, 5.41) is 0. The van der Waals surface area contributed by atoms with Crippen LogP contribution in [0.5, 0.6) is 0 Å². The third-order valence-electron chi connectivity index (χ3n) is 3.63. The Hall–Kier alpha value is -2.22. The molecule has 2 aromatic rings. The summed E-state index contributed by atoms with van der Waals surface area (Å²) in [4.78, 5) is 25.0. The van der Waals surface area contributed by atoms with Gasteiger partial charge in [-0.1, -0.05) is 50.2 Å². The Balaban J connectivity index is 2.13. The molecule has 20 heavy (non-hydrogen) atoms. The molecule has 0 amide bonds. The molecule has 0 bridgehead atoms. The lowest BCUT2D eigenvalue weighted by atomic mass is 9.83. The molecule has 0 unspecified atom stereocenters. The van der Waals surface area contributed by atoms with E-state index in [0.29, 0.717) is 28.2 Å². The number of carbonyl (C=O) groups is 2. The van der Waals surface area contributed by atoms with Gasteiger partial charge in [-0.25, -0.2) is 0 Å². The van der Waals surface area contributed by atoms with E-state index in [2.05, 4.69) is 13.8 Å². The number of ketones is 2. The Labute approximate surface area is 118 Å². The van der Waals surface area contributed by atoms with Crippen molar-refractivity contribution >= 4 is 11.6 Å². The first-order valence-corrected chi connectivity index (χ1v) is 6.89. The zero-order chi connectivity index (χ0) is 14.3. The second-order valence-electron chi connectivity index (χ2n) is 5.68. The zero-order valence-corrected chi connectivity index (χ0v) is 11.6. The van der Waals surface area contributed by atoms with Gasteiger partial charge in [0.15, 0.2) is 11.6 Å². The van der Waals surface area contributed by atoms with Crippen molar-refractivity contribution in [3.05, 3.63) is 70.3 Å². The first-order chi connectivity index (χ1) is 9.58. The summed E-state index contributed by atoms with van der Waals surface area (Å²) < 4.78 is 0. The van der Waals surface area contributed by atoms with Crippen LogP contribution in [0.25, 0.3) is 0 Å². The Bertz CT molecular complexity index is 711. The lowest BCUT2D eigenvalue weighted by molar-refractivity contribution is 0.0979. The summed E-state index contributed by atoms with van der Waals surface area (Å²) in [6, 6.07) is 12.7. The van der Waals surface area contributed by atoms with E-state index in [1.807, 2.05) is 12.1 Å². The quantitative estimate of drug-likeness (QED) is 0.708. The molecular formula is C18H16O2. The van der Waals surface area contributed by atoms with Crippen LogP contribution >= 0.6 is 0 Å². The fourth-order valence-corrected chi connectivity index (χ4v) is 2.74. The van der Waals surface area contributed by atoms with Crippen molar-refractivity contribution in [1.29, 1.82) is 0 Å². The topological polar surface area (TPSA) is 34.1 Å². The van der Waals surface area contributed by atoms with Crippen molar-refractivity contribution in [1.82, 2.24) is 0 Å². The van der Waals surface area contributed by atoms with Gasteiger partial charge in [0, 0.05) is 22.3 Å². The van der Waals surface area contributed by atoms with Crippen molar-refractivity contribution in [3.63, 3.8) is 0 Å². The minimum Gasteiger partial charge on any atom is -0.289 e. The summed E-state index contributed by atoms with van der Waals surface area (Å²) in [6.45, 7) is 4.28. The standard InChI is InChI=1S/C18H16O2/c1-11(2)9-12-7-8-15-16(10-12)18(20)14-6-4-3-5-13(14)17(15)19/h3-8,10-11H,9H2,1-2H3. The van der Waals surface area contributed by atoms with Crippen LogP contribution in [0.1, 0.15) is 51.3 Å². The van der Waals surface area contributed by atoms with Crippen LogP contribution in [-0.4, -0.2) is 11.6 Å². The maximum Gasteiger partial charge on any atom is 0.194 e.